The van der Waals surface area contributed by atoms with E-state index in [1.807, 2.05) is 11.3 Å². The average molecular weight is 282 g/mol. The third kappa shape index (κ3) is 3.18. The molecule has 1 fully saturated rings. The summed E-state index contributed by atoms with van der Waals surface area (Å²) in [6.45, 7) is 11.8. The first-order chi connectivity index (χ1) is 8.97. The van der Waals surface area contributed by atoms with Crippen LogP contribution in [0.3, 0.4) is 0 Å². The molecule has 3 nitrogen and oxygen atoms in total. The van der Waals surface area contributed by atoms with Gasteiger partial charge in [0.05, 0.1) is 17.3 Å². The highest BCUT2D eigenvalue weighted by atomic mass is 32.1. The SMILES string of the molecule is CCc1nc(C2(NC(C)C)CCOC(C)C2)sc1C. The van der Waals surface area contributed by atoms with Gasteiger partial charge < -0.3 is 10.1 Å². The molecule has 1 aromatic heterocycles. The summed E-state index contributed by atoms with van der Waals surface area (Å²) in [5.41, 5.74) is 1.26. The number of nitrogens with zero attached hydrogens (tertiary/aromatic N) is 1. The van der Waals surface area contributed by atoms with E-state index in [-0.39, 0.29) is 5.54 Å². The van der Waals surface area contributed by atoms with Crippen molar-refractivity contribution in [1.82, 2.24) is 10.3 Å². The van der Waals surface area contributed by atoms with Crippen molar-refractivity contribution in [2.75, 3.05) is 6.61 Å². The summed E-state index contributed by atoms with van der Waals surface area (Å²) in [5.74, 6) is 0. The van der Waals surface area contributed by atoms with Gasteiger partial charge in [0.2, 0.25) is 0 Å². The molecule has 0 radical (unpaired) electrons. The average Bonchev–Trinajstić information content (AvgIpc) is 2.70. The summed E-state index contributed by atoms with van der Waals surface area (Å²) in [6, 6.07) is 0.458. The normalized spacial score (nSPS) is 28.0. The number of aromatic nitrogens is 1. The van der Waals surface area contributed by atoms with Crippen molar-refractivity contribution in [1.29, 1.82) is 0 Å². The first-order valence-corrected chi connectivity index (χ1v) is 8.14. The van der Waals surface area contributed by atoms with Gasteiger partial charge in [-0.25, -0.2) is 4.98 Å². The van der Waals surface area contributed by atoms with Gasteiger partial charge in [-0.3, -0.25) is 0 Å². The van der Waals surface area contributed by atoms with Crippen LogP contribution in [0.15, 0.2) is 0 Å². The molecule has 19 heavy (non-hydrogen) atoms. The number of aryl methyl sites for hydroxylation is 2. The second-order valence-electron chi connectivity index (χ2n) is 5.89. The largest absolute Gasteiger partial charge is 0.378 e. The van der Waals surface area contributed by atoms with E-state index in [4.69, 9.17) is 9.72 Å². The molecule has 1 saturated heterocycles. The summed E-state index contributed by atoms with van der Waals surface area (Å²) in [7, 11) is 0. The van der Waals surface area contributed by atoms with E-state index in [0.717, 1.165) is 25.9 Å². The highest BCUT2D eigenvalue weighted by Crippen LogP contribution is 2.38. The van der Waals surface area contributed by atoms with Crippen molar-refractivity contribution in [2.24, 2.45) is 0 Å². The summed E-state index contributed by atoms with van der Waals surface area (Å²) >= 11 is 1.86. The maximum atomic E-state index is 5.74. The number of nitrogens with one attached hydrogen (secondary N) is 1. The van der Waals surface area contributed by atoms with Crippen LogP contribution in [0.25, 0.3) is 0 Å². The zero-order valence-corrected chi connectivity index (χ0v) is 13.6. The topological polar surface area (TPSA) is 34.2 Å². The first-order valence-electron chi connectivity index (χ1n) is 7.33. The molecule has 2 atom stereocenters. The lowest BCUT2D eigenvalue weighted by molar-refractivity contribution is -0.0231. The van der Waals surface area contributed by atoms with E-state index in [1.165, 1.54) is 15.6 Å². The zero-order chi connectivity index (χ0) is 14.0. The molecule has 0 amide bonds. The Kier molecular flexibility index (Phi) is 4.64. The molecule has 4 heteroatoms. The van der Waals surface area contributed by atoms with Crippen LogP contribution in [0.2, 0.25) is 0 Å². The number of rotatable bonds is 4. The fourth-order valence-electron chi connectivity index (χ4n) is 2.99. The smallest absolute Gasteiger partial charge is 0.113 e. The van der Waals surface area contributed by atoms with E-state index in [9.17, 15) is 0 Å². The Hall–Kier alpha value is -0.450. The van der Waals surface area contributed by atoms with Crippen LogP contribution < -0.4 is 5.32 Å². The molecule has 1 aromatic rings. The van der Waals surface area contributed by atoms with Gasteiger partial charge in [-0.15, -0.1) is 11.3 Å². The van der Waals surface area contributed by atoms with Crippen molar-refractivity contribution >= 4 is 11.3 Å². The van der Waals surface area contributed by atoms with Gasteiger partial charge in [-0.1, -0.05) is 6.92 Å². The summed E-state index contributed by atoms with van der Waals surface area (Å²) in [6.07, 6.45) is 3.35. The Morgan fingerprint density at radius 3 is 2.79 bits per heavy atom. The van der Waals surface area contributed by atoms with Gasteiger partial charge in [0.15, 0.2) is 0 Å². The third-order valence-corrected chi connectivity index (χ3v) is 4.99. The Bertz CT molecular complexity index is 426. The molecular formula is C15H26N2OS. The van der Waals surface area contributed by atoms with Crippen LogP contribution in [0.4, 0.5) is 0 Å². The number of ether oxygens (including phenoxy) is 1. The molecule has 2 heterocycles. The quantitative estimate of drug-likeness (QED) is 0.919. The molecule has 0 aliphatic carbocycles. The Labute approximate surface area is 120 Å². The second-order valence-corrected chi connectivity index (χ2v) is 7.10. The van der Waals surface area contributed by atoms with E-state index < -0.39 is 0 Å². The highest BCUT2D eigenvalue weighted by Gasteiger charge is 2.40. The number of hydrogen-bond acceptors (Lipinski definition) is 4. The van der Waals surface area contributed by atoms with Crippen molar-refractivity contribution in [3.63, 3.8) is 0 Å². The Morgan fingerprint density at radius 2 is 2.26 bits per heavy atom. The van der Waals surface area contributed by atoms with Crippen LogP contribution in [-0.4, -0.2) is 23.7 Å². The van der Waals surface area contributed by atoms with Gasteiger partial charge in [-0.05, 0) is 47.0 Å². The van der Waals surface area contributed by atoms with Crippen LogP contribution >= 0.6 is 11.3 Å². The van der Waals surface area contributed by atoms with Gasteiger partial charge in [-0.2, -0.15) is 0 Å². The predicted octanol–water partition coefficient (Wildman–Crippen LogP) is 3.41. The minimum atomic E-state index is 0.00861. The van der Waals surface area contributed by atoms with E-state index in [0.29, 0.717) is 12.1 Å². The van der Waals surface area contributed by atoms with Crippen LogP contribution in [0.1, 0.15) is 56.1 Å². The Morgan fingerprint density at radius 1 is 1.53 bits per heavy atom. The van der Waals surface area contributed by atoms with E-state index in [1.54, 1.807) is 0 Å². The van der Waals surface area contributed by atoms with E-state index >= 15 is 0 Å². The lowest BCUT2D eigenvalue weighted by Gasteiger charge is -2.40. The fourth-order valence-corrected chi connectivity index (χ4v) is 4.18. The van der Waals surface area contributed by atoms with Gasteiger partial charge in [0.25, 0.3) is 0 Å². The molecule has 1 N–H and O–H groups in total. The van der Waals surface area contributed by atoms with Crippen molar-refractivity contribution < 1.29 is 4.74 Å². The molecule has 0 aromatic carbocycles. The standard InChI is InChI=1S/C15H26N2OS/c1-6-13-12(5)19-14(16-13)15(17-10(2)3)7-8-18-11(4)9-15/h10-11,17H,6-9H2,1-5H3. The molecule has 0 bridgehead atoms. The molecule has 2 rings (SSSR count). The summed E-state index contributed by atoms with van der Waals surface area (Å²) < 4.78 is 5.74. The molecular weight excluding hydrogens is 256 g/mol. The molecule has 0 spiro atoms. The number of hydrogen-bond donors (Lipinski definition) is 1. The number of thiazole rings is 1. The Balaban J connectivity index is 2.35. The van der Waals surface area contributed by atoms with Crippen molar-refractivity contribution in [2.45, 2.75) is 71.6 Å². The molecule has 1 aliphatic heterocycles. The molecule has 108 valence electrons. The van der Waals surface area contributed by atoms with Gasteiger partial charge >= 0.3 is 0 Å². The fraction of sp³-hybridized carbons (Fsp3) is 0.800. The maximum Gasteiger partial charge on any atom is 0.113 e. The van der Waals surface area contributed by atoms with E-state index in [2.05, 4.69) is 39.9 Å². The monoisotopic (exact) mass is 282 g/mol. The predicted molar refractivity (Wildman–Crippen MR) is 80.8 cm³/mol. The van der Waals surface area contributed by atoms with Crippen molar-refractivity contribution in [3.8, 4) is 0 Å². The summed E-state index contributed by atoms with van der Waals surface area (Å²) in [5, 5.41) is 5.03. The molecule has 2 unspecified atom stereocenters. The maximum absolute atomic E-state index is 5.74. The van der Waals surface area contributed by atoms with Crippen LogP contribution in [-0.2, 0) is 16.7 Å². The third-order valence-electron chi connectivity index (χ3n) is 3.77. The van der Waals surface area contributed by atoms with Crippen LogP contribution in [0.5, 0.6) is 0 Å². The minimum absolute atomic E-state index is 0.00861. The second kappa shape index (κ2) is 5.90. The van der Waals surface area contributed by atoms with Gasteiger partial charge in [0.1, 0.15) is 5.01 Å². The minimum Gasteiger partial charge on any atom is -0.378 e. The summed E-state index contributed by atoms with van der Waals surface area (Å²) in [4.78, 5) is 6.27. The van der Waals surface area contributed by atoms with Crippen LogP contribution in [0, 0.1) is 6.92 Å². The first kappa shape index (κ1) is 14.9. The highest BCUT2D eigenvalue weighted by molar-refractivity contribution is 7.11. The zero-order valence-electron chi connectivity index (χ0n) is 12.7. The van der Waals surface area contributed by atoms with Crippen molar-refractivity contribution in [3.05, 3.63) is 15.6 Å². The lowest BCUT2D eigenvalue weighted by atomic mass is 9.86. The molecule has 1 aliphatic rings. The van der Waals surface area contributed by atoms with Gasteiger partial charge in [0, 0.05) is 17.5 Å². The lowest BCUT2D eigenvalue weighted by Crippen LogP contribution is -2.51. The molecule has 0 saturated carbocycles.